The van der Waals surface area contributed by atoms with Crippen LogP contribution in [0.1, 0.15) is 58.8 Å². The molecule has 0 spiro atoms. The van der Waals surface area contributed by atoms with Gasteiger partial charge in [0.05, 0.1) is 6.61 Å². The van der Waals surface area contributed by atoms with E-state index in [2.05, 4.69) is 19.2 Å². The zero-order valence-electron chi connectivity index (χ0n) is 11.5. The van der Waals surface area contributed by atoms with Crippen LogP contribution in [0, 0.1) is 0 Å². The van der Waals surface area contributed by atoms with Crippen LogP contribution >= 0.6 is 11.8 Å². The molecule has 0 aromatic carbocycles. The highest BCUT2D eigenvalue weighted by Crippen LogP contribution is 2.29. The molecule has 3 atom stereocenters. The normalized spacial score (nSPS) is 28.4. The largest absolute Gasteiger partial charge is 0.395 e. The van der Waals surface area contributed by atoms with Crippen molar-refractivity contribution < 1.29 is 5.11 Å². The fraction of sp³-hybridized carbons (Fsp3) is 1.00. The standard InChI is InChI=1S/C14H29NOS/c1-3-10-15-13-8-6-4-5-7-9-14(13)17-12(2)11-16/h12-16H,3-11H2,1-2H3. The molecule has 0 aromatic heterocycles. The maximum absolute atomic E-state index is 9.21. The summed E-state index contributed by atoms with van der Waals surface area (Å²) in [6, 6.07) is 0.661. The van der Waals surface area contributed by atoms with Crippen molar-refractivity contribution in [3.05, 3.63) is 0 Å². The van der Waals surface area contributed by atoms with E-state index in [9.17, 15) is 5.11 Å². The Morgan fingerprint density at radius 2 is 1.94 bits per heavy atom. The van der Waals surface area contributed by atoms with Gasteiger partial charge in [0.15, 0.2) is 0 Å². The van der Waals surface area contributed by atoms with Gasteiger partial charge in [-0.3, -0.25) is 0 Å². The average molecular weight is 259 g/mol. The minimum Gasteiger partial charge on any atom is -0.395 e. The maximum Gasteiger partial charge on any atom is 0.0547 e. The Bertz CT molecular complexity index is 187. The summed E-state index contributed by atoms with van der Waals surface area (Å²) in [5.74, 6) is 0. The molecule has 2 nitrogen and oxygen atoms in total. The Kier molecular flexibility index (Phi) is 8.33. The van der Waals surface area contributed by atoms with E-state index >= 15 is 0 Å². The quantitative estimate of drug-likeness (QED) is 0.768. The number of nitrogens with one attached hydrogen (secondary N) is 1. The molecule has 1 fully saturated rings. The van der Waals surface area contributed by atoms with Crippen molar-refractivity contribution in [3.63, 3.8) is 0 Å². The molecule has 1 aliphatic rings. The molecule has 0 amide bonds. The molecule has 3 unspecified atom stereocenters. The SMILES string of the molecule is CCCNC1CCCCCCC1SC(C)CO. The molecule has 1 saturated carbocycles. The third-order valence-corrected chi connectivity index (χ3v) is 5.05. The average Bonchev–Trinajstić information content (AvgIpc) is 2.32. The van der Waals surface area contributed by atoms with Crippen LogP contribution < -0.4 is 5.32 Å². The van der Waals surface area contributed by atoms with Crippen molar-refractivity contribution in [1.82, 2.24) is 5.32 Å². The van der Waals surface area contributed by atoms with Crippen molar-refractivity contribution in [2.45, 2.75) is 75.3 Å². The molecule has 1 rings (SSSR count). The summed E-state index contributed by atoms with van der Waals surface area (Å²) in [6.45, 7) is 5.81. The summed E-state index contributed by atoms with van der Waals surface area (Å²) in [7, 11) is 0. The zero-order valence-corrected chi connectivity index (χ0v) is 12.3. The van der Waals surface area contributed by atoms with Crippen LogP contribution in [0.25, 0.3) is 0 Å². The third-order valence-electron chi connectivity index (χ3n) is 3.52. The van der Waals surface area contributed by atoms with E-state index in [-0.39, 0.29) is 0 Å². The van der Waals surface area contributed by atoms with Crippen molar-refractivity contribution >= 4 is 11.8 Å². The van der Waals surface area contributed by atoms with Crippen LogP contribution in [0.3, 0.4) is 0 Å². The van der Waals surface area contributed by atoms with Gasteiger partial charge in [-0.05, 0) is 25.8 Å². The van der Waals surface area contributed by atoms with E-state index in [1.54, 1.807) is 0 Å². The number of hydrogen-bond donors (Lipinski definition) is 2. The van der Waals surface area contributed by atoms with Crippen LogP contribution in [0.15, 0.2) is 0 Å². The van der Waals surface area contributed by atoms with Crippen LogP contribution in [0.4, 0.5) is 0 Å². The minimum absolute atomic E-state index is 0.307. The zero-order chi connectivity index (χ0) is 12.5. The number of aliphatic hydroxyl groups is 1. The molecule has 0 bridgehead atoms. The molecule has 2 N–H and O–H groups in total. The summed E-state index contributed by atoms with van der Waals surface area (Å²) in [5.41, 5.74) is 0. The Hall–Kier alpha value is 0.270. The first-order valence-corrected chi connectivity index (χ1v) is 8.22. The predicted octanol–water partition coefficient (Wildman–Crippen LogP) is 3.19. The summed E-state index contributed by atoms with van der Waals surface area (Å²) in [4.78, 5) is 0. The summed E-state index contributed by atoms with van der Waals surface area (Å²) < 4.78 is 0. The highest BCUT2D eigenvalue weighted by Gasteiger charge is 2.24. The van der Waals surface area contributed by atoms with Gasteiger partial charge in [-0.1, -0.05) is 39.5 Å². The Balaban J connectivity index is 2.48. The van der Waals surface area contributed by atoms with E-state index in [0.717, 1.165) is 6.54 Å². The molecule has 102 valence electrons. The Labute approximate surface area is 111 Å². The van der Waals surface area contributed by atoms with E-state index < -0.39 is 0 Å². The van der Waals surface area contributed by atoms with Gasteiger partial charge >= 0.3 is 0 Å². The Morgan fingerprint density at radius 3 is 2.59 bits per heavy atom. The topological polar surface area (TPSA) is 32.3 Å². The van der Waals surface area contributed by atoms with Crippen LogP contribution in [0.2, 0.25) is 0 Å². The second-order valence-electron chi connectivity index (χ2n) is 5.22. The first kappa shape index (κ1) is 15.3. The van der Waals surface area contributed by atoms with Gasteiger partial charge < -0.3 is 10.4 Å². The summed E-state index contributed by atoms with van der Waals surface area (Å²) in [5, 5.41) is 14.0. The van der Waals surface area contributed by atoms with E-state index in [0.29, 0.717) is 23.1 Å². The highest BCUT2D eigenvalue weighted by molar-refractivity contribution is 8.00. The van der Waals surface area contributed by atoms with Crippen molar-refractivity contribution in [2.24, 2.45) is 0 Å². The lowest BCUT2D eigenvalue weighted by molar-refractivity contribution is 0.299. The molecular formula is C14H29NOS. The molecule has 17 heavy (non-hydrogen) atoms. The van der Waals surface area contributed by atoms with Crippen LogP contribution in [0.5, 0.6) is 0 Å². The fourth-order valence-electron chi connectivity index (χ4n) is 2.52. The minimum atomic E-state index is 0.307. The van der Waals surface area contributed by atoms with E-state index in [1.807, 2.05) is 11.8 Å². The van der Waals surface area contributed by atoms with E-state index in [1.165, 1.54) is 44.9 Å². The molecule has 0 aliphatic heterocycles. The van der Waals surface area contributed by atoms with Crippen molar-refractivity contribution in [3.8, 4) is 0 Å². The van der Waals surface area contributed by atoms with Gasteiger partial charge in [-0.15, -0.1) is 0 Å². The van der Waals surface area contributed by atoms with Gasteiger partial charge in [0.2, 0.25) is 0 Å². The smallest absolute Gasteiger partial charge is 0.0547 e. The maximum atomic E-state index is 9.21. The Morgan fingerprint density at radius 1 is 1.24 bits per heavy atom. The molecule has 0 radical (unpaired) electrons. The van der Waals surface area contributed by atoms with Crippen LogP contribution in [-0.2, 0) is 0 Å². The number of hydrogen-bond acceptors (Lipinski definition) is 3. The molecule has 0 heterocycles. The second-order valence-corrected chi connectivity index (χ2v) is 6.90. The summed E-state index contributed by atoms with van der Waals surface area (Å²) in [6.07, 6.45) is 9.37. The monoisotopic (exact) mass is 259 g/mol. The molecule has 0 saturated heterocycles. The first-order chi connectivity index (χ1) is 8.27. The summed E-state index contributed by atoms with van der Waals surface area (Å²) >= 11 is 1.99. The molecule has 3 heteroatoms. The van der Waals surface area contributed by atoms with Gasteiger partial charge in [0, 0.05) is 16.5 Å². The van der Waals surface area contributed by atoms with Crippen LogP contribution in [-0.4, -0.2) is 34.8 Å². The third kappa shape index (κ3) is 6.12. The number of rotatable bonds is 6. The van der Waals surface area contributed by atoms with Gasteiger partial charge in [0.1, 0.15) is 0 Å². The molecular weight excluding hydrogens is 230 g/mol. The van der Waals surface area contributed by atoms with Gasteiger partial charge in [-0.2, -0.15) is 11.8 Å². The van der Waals surface area contributed by atoms with Crippen molar-refractivity contribution in [2.75, 3.05) is 13.2 Å². The lowest BCUT2D eigenvalue weighted by Gasteiger charge is -2.31. The van der Waals surface area contributed by atoms with Gasteiger partial charge in [0.25, 0.3) is 0 Å². The van der Waals surface area contributed by atoms with Crippen molar-refractivity contribution in [1.29, 1.82) is 0 Å². The number of thioether (sulfide) groups is 1. The fourth-order valence-corrected chi connectivity index (χ4v) is 3.93. The predicted molar refractivity (Wildman–Crippen MR) is 77.7 cm³/mol. The highest BCUT2D eigenvalue weighted by atomic mass is 32.2. The molecule has 0 aromatic rings. The molecule has 1 aliphatic carbocycles. The van der Waals surface area contributed by atoms with Gasteiger partial charge in [-0.25, -0.2) is 0 Å². The van der Waals surface area contributed by atoms with E-state index in [4.69, 9.17) is 0 Å². The lowest BCUT2D eigenvalue weighted by atomic mass is 9.96. The first-order valence-electron chi connectivity index (χ1n) is 7.27. The number of aliphatic hydroxyl groups excluding tert-OH is 1. The lowest BCUT2D eigenvalue weighted by Crippen LogP contribution is -2.40. The second kappa shape index (κ2) is 9.23.